The van der Waals surface area contributed by atoms with Crippen molar-refractivity contribution in [1.82, 2.24) is 4.98 Å². The van der Waals surface area contributed by atoms with E-state index in [4.69, 9.17) is 0 Å². The molecule has 0 aliphatic heterocycles. The molecule has 0 aliphatic rings. The Morgan fingerprint density at radius 2 is 2.05 bits per heavy atom. The highest BCUT2D eigenvalue weighted by atomic mass is 32.1. The molecule has 3 aromatic rings. The molecule has 0 spiro atoms. The second kappa shape index (κ2) is 4.44. The number of aryl methyl sites for hydroxylation is 1. The fraction of sp³-hybridized carbons (Fsp3) is 0.188. The lowest BCUT2D eigenvalue weighted by molar-refractivity contribution is 0.107. The second-order valence-corrected chi connectivity index (χ2v) is 5.82. The van der Waals surface area contributed by atoms with Gasteiger partial charge in [-0.25, -0.2) is 0 Å². The molecule has 0 fully saturated rings. The molecule has 2 nitrogen and oxygen atoms in total. The van der Waals surface area contributed by atoms with Gasteiger partial charge in [0.05, 0.1) is 0 Å². The molecule has 3 heteroatoms. The largest absolute Gasteiger partial charge is 0.380 e. The van der Waals surface area contributed by atoms with Gasteiger partial charge in [-0.05, 0) is 47.9 Å². The zero-order valence-electron chi connectivity index (χ0n) is 10.9. The number of aliphatic hydroxyl groups is 1. The van der Waals surface area contributed by atoms with Crippen LogP contribution in [0.3, 0.4) is 0 Å². The van der Waals surface area contributed by atoms with E-state index >= 15 is 0 Å². The van der Waals surface area contributed by atoms with Crippen LogP contribution >= 0.6 is 11.3 Å². The van der Waals surface area contributed by atoms with Crippen molar-refractivity contribution in [2.45, 2.75) is 19.4 Å². The first kappa shape index (κ1) is 12.3. The predicted octanol–water partition coefficient (Wildman–Crippen LogP) is 3.86. The molecule has 0 aliphatic carbocycles. The Kier molecular flexibility index (Phi) is 2.88. The minimum Gasteiger partial charge on any atom is -0.380 e. The maximum Gasteiger partial charge on any atom is 0.122 e. The third-order valence-electron chi connectivity index (χ3n) is 3.51. The van der Waals surface area contributed by atoms with E-state index in [1.54, 1.807) is 17.5 Å². The van der Waals surface area contributed by atoms with Gasteiger partial charge in [-0.1, -0.05) is 18.2 Å². The Morgan fingerprint density at radius 1 is 1.21 bits per heavy atom. The van der Waals surface area contributed by atoms with E-state index in [1.165, 1.54) is 0 Å². The monoisotopic (exact) mass is 269 g/mol. The first-order valence-corrected chi connectivity index (χ1v) is 7.09. The van der Waals surface area contributed by atoms with E-state index in [1.807, 2.05) is 55.8 Å². The van der Waals surface area contributed by atoms with E-state index < -0.39 is 5.60 Å². The van der Waals surface area contributed by atoms with Crippen LogP contribution in [0.1, 0.15) is 22.9 Å². The number of thiophene rings is 1. The molecule has 0 bridgehead atoms. The minimum atomic E-state index is -0.973. The maximum absolute atomic E-state index is 11.0. The molecule has 0 radical (unpaired) electrons. The van der Waals surface area contributed by atoms with Crippen molar-refractivity contribution in [3.8, 4) is 0 Å². The topological polar surface area (TPSA) is 33.1 Å². The predicted molar refractivity (Wildman–Crippen MR) is 79.5 cm³/mol. The summed E-state index contributed by atoms with van der Waals surface area (Å²) in [5.41, 5.74) is 1.08. The molecule has 3 rings (SSSR count). The Morgan fingerprint density at radius 3 is 2.79 bits per heavy atom. The van der Waals surface area contributed by atoms with Crippen LogP contribution < -0.4 is 0 Å². The van der Waals surface area contributed by atoms with E-state index in [0.29, 0.717) is 0 Å². The van der Waals surface area contributed by atoms with Crippen LogP contribution in [0.2, 0.25) is 0 Å². The Hall–Kier alpha value is -1.71. The number of hydrogen-bond donors (Lipinski definition) is 1. The third-order valence-corrected chi connectivity index (χ3v) is 4.74. The molecule has 19 heavy (non-hydrogen) atoms. The zero-order chi connectivity index (χ0) is 13.5. The van der Waals surface area contributed by atoms with Gasteiger partial charge in [0, 0.05) is 22.7 Å². The number of hydrogen-bond acceptors (Lipinski definition) is 3. The quantitative estimate of drug-likeness (QED) is 0.766. The smallest absolute Gasteiger partial charge is 0.122 e. The number of aromatic nitrogens is 1. The summed E-state index contributed by atoms with van der Waals surface area (Å²) in [4.78, 5) is 5.13. The summed E-state index contributed by atoms with van der Waals surface area (Å²) >= 11 is 1.59. The molecular formula is C16H15NOS. The lowest BCUT2D eigenvalue weighted by Crippen LogP contribution is -2.22. The van der Waals surface area contributed by atoms with Crippen LogP contribution in [-0.4, -0.2) is 10.1 Å². The van der Waals surface area contributed by atoms with Gasteiger partial charge < -0.3 is 5.11 Å². The third kappa shape index (κ3) is 1.95. The fourth-order valence-electron chi connectivity index (χ4n) is 2.54. The molecule has 2 aromatic heterocycles. The average molecular weight is 269 g/mol. The fourth-order valence-corrected chi connectivity index (χ4v) is 3.54. The van der Waals surface area contributed by atoms with E-state index in [0.717, 1.165) is 26.8 Å². The Bertz CT molecular complexity index is 725. The van der Waals surface area contributed by atoms with Gasteiger partial charge in [0.2, 0.25) is 0 Å². The summed E-state index contributed by atoms with van der Waals surface area (Å²) in [6, 6.07) is 9.98. The summed E-state index contributed by atoms with van der Waals surface area (Å²) in [5.74, 6) is 0. The normalized spacial score (nSPS) is 14.5. The lowest BCUT2D eigenvalue weighted by Gasteiger charge is -2.25. The van der Waals surface area contributed by atoms with Crippen LogP contribution in [0.5, 0.6) is 0 Å². The van der Waals surface area contributed by atoms with Crippen molar-refractivity contribution < 1.29 is 5.11 Å². The van der Waals surface area contributed by atoms with Crippen LogP contribution in [0.25, 0.3) is 10.8 Å². The SMILES string of the molecule is Cc1ccsc1C(C)(O)c1cccc2cnccc12. The highest BCUT2D eigenvalue weighted by Crippen LogP contribution is 2.37. The average Bonchev–Trinajstić information content (AvgIpc) is 2.85. The van der Waals surface area contributed by atoms with E-state index in [9.17, 15) is 5.11 Å². The zero-order valence-corrected chi connectivity index (χ0v) is 11.7. The molecular weight excluding hydrogens is 254 g/mol. The van der Waals surface area contributed by atoms with Crippen molar-refractivity contribution >= 4 is 22.1 Å². The standard InChI is InChI=1S/C16H15NOS/c1-11-7-9-19-15(11)16(2,18)14-5-3-4-12-10-17-8-6-13(12)14/h3-10,18H,1-2H3. The van der Waals surface area contributed by atoms with Crippen LogP contribution in [-0.2, 0) is 5.60 Å². The molecule has 1 N–H and O–H groups in total. The highest BCUT2D eigenvalue weighted by molar-refractivity contribution is 7.10. The Balaban J connectivity index is 2.27. The number of rotatable bonds is 2. The molecule has 0 saturated heterocycles. The molecule has 1 aromatic carbocycles. The highest BCUT2D eigenvalue weighted by Gasteiger charge is 2.30. The molecule has 0 saturated carbocycles. The van der Waals surface area contributed by atoms with Crippen LogP contribution in [0.4, 0.5) is 0 Å². The van der Waals surface area contributed by atoms with Crippen LogP contribution in [0.15, 0.2) is 48.1 Å². The molecule has 1 atom stereocenters. The summed E-state index contributed by atoms with van der Waals surface area (Å²) < 4.78 is 0. The van der Waals surface area contributed by atoms with Gasteiger partial charge in [-0.2, -0.15) is 0 Å². The molecule has 1 unspecified atom stereocenters. The summed E-state index contributed by atoms with van der Waals surface area (Å²) in [6.45, 7) is 3.90. The number of fused-ring (bicyclic) bond motifs is 1. The molecule has 96 valence electrons. The van der Waals surface area contributed by atoms with Crippen molar-refractivity contribution in [2.75, 3.05) is 0 Å². The number of benzene rings is 1. The van der Waals surface area contributed by atoms with Crippen molar-refractivity contribution in [3.05, 3.63) is 64.1 Å². The minimum absolute atomic E-state index is 0.929. The summed E-state index contributed by atoms with van der Waals surface area (Å²) in [6.07, 6.45) is 3.60. The van der Waals surface area contributed by atoms with Gasteiger partial charge in [0.25, 0.3) is 0 Å². The van der Waals surface area contributed by atoms with Gasteiger partial charge >= 0.3 is 0 Å². The lowest BCUT2D eigenvalue weighted by atomic mass is 9.89. The molecule has 0 amide bonds. The van der Waals surface area contributed by atoms with Gasteiger partial charge in [-0.15, -0.1) is 11.3 Å². The summed E-state index contributed by atoms with van der Waals surface area (Å²) in [7, 11) is 0. The number of pyridine rings is 1. The maximum atomic E-state index is 11.0. The van der Waals surface area contributed by atoms with Gasteiger partial charge in [-0.3, -0.25) is 4.98 Å². The van der Waals surface area contributed by atoms with E-state index in [-0.39, 0.29) is 0 Å². The van der Waals surface area contributed by atoms with E-state index in [2.05, 4.69) is 4.98 Å². The first-order chi connectivity index (χ1) is 9.10. The first-order valence-electron chi connectivity index (χ1n) is 6.21. The van der Waals surface area contributed by atoms with Crippen molar-refractivity contribution in [1.29, 1.82) is 0 Å². The van der Waals surface area contributed by atoms with Gasteiger partial charge in [0.1, 0.15) is 5.60 Å². The van der Waals surface area contributed by atoms with Crippen LogP contribution in [0, 0.1) is 6.92 Å². The van der Waals surface area contributed by atoms with Crippen molar-refractivity contribution in [2.24, 2.45) is 0 Å². The van der Waals surface area contributed by atoms with Crippen molar-refractivity contribution in [3.63, 3.8) is 0 Å². The Labute approximate surface area is 116 Å². The second-order valence-electron chi connectivity index (χ2n) is 4.91. The van der Waals surface area contributed by atoms with Gasteiger partial charge in [0.15, 0.2) is 0 Å². The summed E-state index contributed by atoms with van der Waals surface area (Å²) in [5, 5.41) is 15.1. The molecule has 2 heterocycles. The number of nitrogens with zero attached hydrogens (tertiary/aromatic N) is 1.